The van der Waals surface area contributed by atoms with Gasteiger partial charge < -0.3 is 4.90 Å². The normalized spacial score (nSPS) is 20.8. The quantitative estimate of drug-likeness (QED) is 0.571. The second kappa shape index (κ2) is 5.61. The lowest BCUT2D eigenvalue weighted by molar-refractivity contribution is 0.0736. The second-order valence-corrected chi connectivity index (χ2v) is 4.46. The summed E-state index contributed by atoms with van der Waals surface area (Å²) in [5.74, 6) is 0. The predicted molar refractivity (Wildman–Crippen MR) is 60.2 cm³/mol. The highest BCUT2D eigenvalue weighted by Crippen LogP contribution is 2.14. The summed E-state index contributed by atoms with van der Waals surface area (Å²) < 4.78 is 0. The van der Waals surface area contributed by atoms with Gasteiger partial charge in [0.2, 0.25) is 0 Å². The van der Waals surface area contributed by atoms with Crippen molar-refractivity contribution in [2.75, 3.05) is 33.2 Å². The lowest BCUT2D eigenvalue weighted by Gasteiger charge is -2.41. The second-order valence-electron chi connectivity index (χ2n) is 4.46. The predicted octanol–water partition coefficient (Wildman–Crippen LogP) is 2.06. The summed E-state index contributed by atoms with van der Waals surface area (Å²) in [6, 6.07) is 0. The molecule has 0 aromatic heterocycles. The molecule has 0 aliphatic carbocycles. The largest absolute Gasteiger partial charge is 0.304 e. The van der Waals surface area contributed by atoms with Crippen molar-refractivity contribution in [3.8, 4) is 0 Å². The molecule has 0 saturated carbocycles. The van der Waals surface area contributed by atoms with Crippen LogP contribution in [0.2, 0.25) is 0 Å². The minimum atomic E-state index is 0.362. The van der Waals surface area contributed by atoms with Gasteiger partial charge in [0.1, 0.15) is 0 Å². The van der Waals surface area contributed by atoms with E-state index in [-0.39, 0.29) is 0 Å². The Labute approximate surface area is 83.9 Å². The fraction of sp³-hybridized carbons (Fsp3) is 1.00. The molecule has 0 atom stereocenters. The molecule has 0 radical (unpaired) electrons. The molecule has 1 heterocycles. The molecule has 0 aromatic rings. The molecule has 1 aliphatic heterocycles. The Kier molecular flexibility index (Phi) is 5.57. The van der Waals surface area contributed by atoms with Crippen LogP contribution in [-0.2, 0) is 0 Å². The fourth-order valence-electron chi connectivity index (χ4n) is 1.48. The molecule has 0 N–H and O–H groups in total. The van der Waals surface area contributed by atoms with Crippen LogP contribution in [0.15, 0.2) is 0 Å². The van der Waals surface area contributed by atoms with Gasteiger partial charge in [-0.05, 0) is 27.8 Å². The summed E-state index contributed by atoms with van der Waals surface area (Å²) in [4.78, 5) is 4.94. The third-order valence-corrected chi connectivity index (χ3v) is 2.45. The molecule has 1 rings (SSSR count). The van der Waals surface area contributed by atoms with Gasteiger partial charge in [-0.25, -0.2) is 0 Å². The summed E-state index contributed by atoms with van der Waals surface area (Å²) in [5, 5.41) is 0. The molecule has 1 aliphatic rings. The number of likely N-dealkylation sites (N-methyl/N-ethyl adjacent to an activating group) is 1. The maximum Gasteiger partial charge on any atom is 0.0126 e. The maximum absolute atomic E-state index is 2.55. The van der Waals surface area contributed by atoms with Crippen LogP contribution >= 0.6 is 0 Å². The summed E-state index contributed by atoms with van der Waals surface area (Å²) in [7, 11) is 2.19. The van der Waals surface area contributed by atoms with Crippen LogP contribution in [0, 0.1) is 0 Å². The minimum Gasteiger partial charge on any atom is -0.304 e. The van der Waals surface area contributed by atoms with Crippen molar-refractivity contribution >= 4 is 0 Å². The molecule has 1 fully saturated rings. The first-order valence-electron chi connectivity index (χ1n) is 5.44. The SMILES string of the molecule is CC.CN1CCN(C(C)(C)C)CC1. The molecular weight excluding hydrogens is 160 g/mol. The Morgan fingerprint density at radius 2 is 1.23 bits per heavy atom. The van der Waals surface area contributed by atoms with Gasteiger partial charge in [0.05, 0.1) is 0 Å². The van der Waals surface area contributed by atoms with E-state index >= 15 is 0 Å². The zero-order valence-corrected chi connectivity index (χ0v) is 10.2. The third kappa shape index (κ3) is 4.63. The first kappa shape index (κ1) is 12.9. The van der Waals surface area contributed by atoms with Gasteiger partial charge in [-0.3, -0.25) is 4.90 Å². The van der Waals surface area contributed by atoms with Crippen molar-refractivity contribution in [1.29, 1.82) is 0 Å². The van der Waals surface area contributed by atoms with Crippen molar-refractivity contribution in [3.63, 3.8) is 0 Å². The van der Waals surface area contributed by atoms with Crippen molar-refractivity contribution in [1.82, 2.24) is 9.80 Å². The molecular formula is C11H26N2. The average Bonchev–Trinajstić information content (AvgIpc) is 2.07. The van der Waals surface area contributed by atoms with Crippen LogP contribution in [0.3, 0.4) is 0 Å². The van der Waals surface area contributed by atoms with Gasteiger partial charge in [0.25, 0.3) is 0 Å². The van der Waals surface area contributed by atoms with E-state index in [1.54, 1.807) is 0 Å². The molecule has 2 heteroatoms. The van der Waals surface area contributed by atoms with E-state index in [4.69, 9.17) is 0 Å². The number of hydrogen-bond donors (Lipinski definition) is 0. The van der Waals surface area contributed by atoms with E-state index in [0.717, 1.165) is 0 Å². The van der Waals surface area contributed by atoms with Gasteiger partial charge in [0, 0.05) is 31.7 Å². The first-order chi connectivity index (χ1) is 6.00. The molecule has 80 valence electrons. The highest BCUT2D eigenvalue weighted by Gasteiger charge is 2.23. The number of nitrogens with zero attached hydrogens (tertiary/aromatic N) is 2. The van der Waals surface area contributed by atoms with Crippen LogP contribution in [0.25, 0.3) is 0 Å². The lowest BCUT2D eigenvalue weighted by atomic mass is 10.1. The highest BCUT2D eigenvalue weighted by atomic mass is 15.3. The lowest BCUT2D eigenvalue weighted by Crippen LogP contribution is -2.52. The van der Waals surface area contributed by atoms with Gasteiger partial charge >= 0.3 is 0 Å². The Morgan fingerprint density at radius 3 is 1.54 bits per heavy atom. The first-order valence-corrected chi connectivity index (χ1v) is 5.44. The number of rotatable bonds is 0. The van der Waals surface area contributed by atoms with E-state index in [9.17, 15) is 0 Å². The molecule has 0 spiro atoms. The zero-order chi connectivity index (χ0) is 10.5. The number of hydrogen-bond acceptors (Lipinski definition) is 2. The van der Waals surface area contributed by atoms with Crippen LogP contribution in [0.1, 0.15) is 34.6 Å². The van der Waals surface area contributed by atoms with E-state index in [0.29, 0.717) is 5.54 Å². The van der Waals surface area contributed by atoms with Crippen molar-refractivity contribution < 1.29 is 0 Å². The molecule has 1 saturated heterocycles. The topological polar surface area (TPSA) is 6.48 Å². The molecule has 0 bridgehead atoms. The van der Waals surface area contributed by atoms with Crippen molar-refractivity contribution in [3.05, 3.63) is 0 Å². The smallest absolute Gasteiger partial charge is 0.0126 e. The van der Waals surface area contributed by atoms with Crippen LogP contribution in [0.4, 0.5) is 0 Å². The average molecular weight is 186 g/mol. The van der Waals surface area contributed by atoms with Gasteiger partial charge in [-0.2, -0.15) is 0 Å². The monoisotopic (exact) mass is 186 g/mol. The number of piperazine rings is 1. The molecule has 0 amide bonds. The Hall–Kier alpha value is -0.0800. The van der Waals surface area contributed by atoms with Crippen molar-refractivity contribution in [2.45, 2.75) is 40.2 Å². The molecule has 0 unspecified atom stereocenters. The van der Waals surface area contributed by atoms with E-state index in [2.05, 4.69) is 37.6 Å². The summed E-state index contributed by atoms with van der Waals surface area (Å²) in [6.45, 7) is 15.8. The minimum absolute atomic E-state index is 0.362. The zero-order valence-electron chi connectivity index (χ0n) is 10.2. The highest BCUT2D eigenvalue weighted by molar-refractivity contribution is 4.80. The summed E-state index contributed by atoms with van der Waals surface area (Å²) in [5.41, 5.74) is 0.362. The molecule has 13 heavy (non-hydrogen) atoms. The Morgan fingerprint density at radius 1 is 0.846 bits per heavy atom. The third-order valence-electron chi connectivity index (χ3n) is 2.45. The van der Waals surface area contributed by atoms with Crippen LogP contribution < -0.4 is 0 Å². The van der Waals surface area contributed by atoms with Crippen LogP contribution in [0.5, 0.6) is 0 Å². The van der Waals surface area contributed by atoms with Crippen molar-refractivity contribution in [2.24, 2.45) is 0 Å². The van der Waals surface area contributed by atoms with E-state index < -0.39 is 0 Å². The van der Waals surface area contributed by atoms with E-state index in [1.165, 1.54) is 26.2 Å². The summed E-state index contributed by atoms with van der Waals surface area (Å²) in [6.07, 6.45) is 0. The van der Waals surface area contributed by atoms with E-state index in [1.807, 2.05) is 13.8 Å². The Balaban J connectivity index is 0.000000671. The van der Waals surface area contributed by atoms with Crippen LogP contribution in [-0.4, -0.2) is 48.6 Å². The standard InChI is InChI=1S/C9H20N2.C2H6/c1-9(2,3)11-7-5-10(4)6-8-11;1-2/h5-8H2,1-4H3;1-2H3. The molecule has 0 aromatic carbocycles. The van der Waals surface area contributed by atoms with Gasteiger partial charge in [-0.1, -0.05) is 13.8 Å². The van der Waals surface area contributed by atoms with Gasteiger partial charge in [0.15, 0.2) is 0 Å². The van der Waals surface area contributed by atoms with Gasteiger partial charge in [-0.15, -0.1) is 0 Å². The molecule has 2 nitrogen and oxygen atoms in total. The summed E-state index contributed by atoms with van der Waals surface area (Å²) >= 11 is 0. The fourth-order valence-corrected chi connectivity index (χ4v) is 1.48. The maximum atomic E-state index is 2.55. The Bertz CT molecular complexity index is 119.